The summed E-state index contributed by atoms with van der Waals surface area (Å²) < 4.78 is 44.1. The molecule has 0 N–H and O–H groups in total. The second-order valence-electron chi connectivity index (χ2n) is 14.0. The predicted molar refractivity (Wildman–Crippen MR) is 218 cm³/mol. The van der Waals surface area contributed by atoms with Crippen LogP contribution < -0.4 is 0 Å². The molecule has 24 heteroatoms. The molecule has 3 heterocycles. The Bertz CT molecular complexity index is 1700. The van der Waals surface area contributed by atoms with Gasteiger partial charge in [-0.05, 0) is 12.5 Å². The van der Waals surface area contributed by atoms with Crippen LogP contribution in [-0.2, 0) is 87.6 Å². The number of hydrogen-bond donors (Lipinski definition) is 0. The lowest BCUT2D eigenvalue weighted by Crippen LogP contribution is -2.38. The highest BCUT2D eigenvalue weighted by Gasteiger charge is 2.33. The normalized spacial score (nSPS) is 13.9. The standard InChI is InChI=1S/C41H57N7O17/c1-31-42-44-41(45-43-31)33-4-2-32(3-5-33)30-38(53)46(12-16-58-20-24-62-28-26-60-22-18-56-14-10-39(54)64-47-34(49)6-7-35(47)50)13-17-59-21-25-63-29-27-61-23-19-57-15-11-40(55)65-48-36(51)8-9-37(48)52/h2-5H,6-30H2,1H3. The lowest BCUT2D eigenvalue weighted by atomic mass is 10.1. The maximum Gasteiger partial charge on any atom is 0.335 e. The number of carbonyl (C=O) groups is 7. The molecule has 2 aliphatic heterocycles. The van der Waals surface area contributed by atoms with Crippen LogP contribution in [0, 0.1) is 6.92 Å². The number of aryl methyl sites for hydroxylation is 1. The second kappa shape index (κ2) is 30.6. The molecular formula is C41H57N7O17. The maximum atomic E-state index is 13.4. The third kappa shape index (κ3) is 20.9. The van der Waals surface area contributed by atoms with Crippen LogP contribution in [0.15, 0.2) is 24.3 Å². The zero-order valence-corrected chi connectivity index (χ0v) is 36.6. The van der Waals surface area contributed by atoms with Crippen molar-refractivity contribution in [3.63, 3.8) is 0 Å². The van der Waals surface area contributed by atoms with Gasteiger partial charge in [-0.15, -0.1) is 30.5 Å². The molecule has 0 spiro atoms. The summed E-state index contributed by atoms with van der Waals surface area (Å²) in [6, 6.07) is 7.29. The van der Waals surface area contributed by atoms with Crippen LogP contribution in [0.2, 0.25) is 0 Å². The van der Waals surface area contributed by atoms with Gasteiger partial charge in [-0.2, -0.15) is 0 Å². The van der Waals surface area contributed by atoms with E-state index in [1.807, 2.05) is 24.3 Å². The SMILES string of the molecule is Cc1nnc(-c2ccc(CC(=O)N(CCOCCOCCOCCOCCC(=O)ON3C(=O)CCC3=O)CCOCCOCCOCCOCCC(=O)ON3C(=O)CCC3=O)cc2)nn1. The van der Waals surface area contributed by atoms with Crippen molar-refractivity contribution in [1.82, 2.24) is 35.4 Å². The first-order valence-electron chi connectivity index (χ1n) is 21.3. The molecule has 65 heavy (non-hydrogen) atoms. The van der Waals surface area contributed by atoms with Gasteiger partial charge in [0.25, 0.3) is 23.6 Å². The van der Waals surface area contributed by atoms with Gasteiger partial charge in [-0.1, -0.05) is 24.3 Å². The molecule has 0 unspecified atom stereocenters. The van der Waals surface area contributed by atoms with Crippen LogP contribution in [0.4, 0.5) is 0 Å². The van der Waals surface area contributed by atoms with Crippen molar-refractivity contribution < 1.29 is 81.1 Å². The Kier molecular flexibility index (Phi) is 24.6. The van der Waals surface area contributed by atoms with Crippen molar-refractivity contribution in [3.05, 3.63) is 35.7 Å². The highest BCUT2D eigenvalue weighted by Crippen LogP contribution is 2.16. The minimum absolute atomic E-state index is 0.0300. The fraction of sp³-hybridized carbons (Fsp3) is 0.634. The molecular weight excluding hydrogens is 862 g/mol. The molecule has 2 fully saturated rings. The quantitative estimate of drug-likeness (QED) is 0.0636. The number of hydroxylamine groups is 4. The Morgan fingerprint density at radius 2 is 0.831 bits per heavy atom. The van der Waals surface area contributed by atoms with Crippen molar-refractivity contribution >= 4 is 41.5 Å². The van der Waals surface area contributed by atoms with Crippen molar-refractivity contribution in [2.45, 2.75) is 51.9 Å². The van der Waals surface area contributed by atoms with E-state index in [4.69, 9.17) is 47.6 Å². The average Bonchev–Trinajstić information content (AvgIpc) is 3.79. The molecule has 0 atom stereocenters. The summed E-state index contributed by atoms with van der Waals surface area (Å²) in [5.74, 6) is -2.88. The zero-order valence-electron chi connectivity index (χ0n) is 36.6. The van der Waals surface area contributed by atoms with Gasteiger partial charge in [-0.25, -0.2) is 9.59 Å². The predicted octanol–water partition coefficient (Wildman–Crippen LogP) is -0.259. The first-order chi connectivity index (χ1) is 31.6. The molecule has 2 aromatic rings. The molecule has 358 valence electrons. The number of ether oxygens (including phenoxy) is 8. The second-order valence-corrected chi connectivity index (χ2v) is 14.0. The van der Waals surface area contributed by atoms with E-state index >= 15 is 0 Å². The third-order valence-electron chi connectivity index (χ3n) is 9.04. The van der Waals surface area contributed by atoms with Gasteiger partial charge in [0.15, 0.2) is 5.82 Å². The summed E-state index contributed by atoms with van der Waals surface area (Å²) in [4.78, 5) is 94.2. The fourth-order valence-electron chi connectivity index (χ4n) is 5.61. The van der Waals surface area contributed by atoms with Gasteiger partial charge in [0, 0.05) is 44.3 Å². The van der Waals surface area contributed by atoms with Gasteiger partial charge in [-0.3, -0.25) is 24.0 Å². The van der Waals surface area contributed by atoms with E-state index in [1.54, 1.807) is 11.8 Å². The Labute approximate surface area is 375 Å². The first kappa shape index (κ1) is 52.2. The van der Waals surface area contributed by atoms with Crippen molar-refractivity contribution in [3.8, 4) is 11.4 Å². The Hall–Kier alpha value is -5.47. The number of imide groups is 2. The van der Waals surface area contributed by atoms with E-state index in [0.717, 1.165) is 11.1 Å². The summed E-state index contributed by atoms with van der Waals surface area (Å²) in [6.07, 6.45) is 0.0379. The number of rotatable bonds is 35. The van der Waals surface area contributed by atoms with E-state index in [0.29, 0.717) is 87.7 Å². The minimum Gasteiger partial charge on any atom is -0.378 e. The molecule has 0 bridgehead atoms. The summed E-state index contributed by atoms with van der Waals surface area (Å²) in [5.41, 5.74) is 1.52. The number of amides is 5. The number of nitrogens with zero attached hydrogens (tertiary/aromatic N) is 7. The summed E-state index contributed by atoms with van der Waals surface area (Å²) in [5, 5.41) is 17.0. The van der Waals surface area contributed by atoms with E-state index in [1.165, 1.54) is 0 Å². The summed E-state index contributed by atoms with van der Waals surface area (Å²) >= 11 is 0. The average molecular weight is 920 g/mol. The molecule has 5 amide bonds. The highest BCUT2D eigenvalue weighted by molar-refractivity contribution is 6.02. The van der Waals surface area contributed by atoms with E-state index in [-0.39, 0.29) is 104 Å². The Morgan fingerprint density at radius 3 is 1.20 bits per heavy atom. The van der Waals surface area contributed by atoms with Crippen molar-refractivity contribution in [2.24, 2.45) is 0 Å². The van der Waals surface area contributed by atoms with Crippen LogP contribution in [0.5, 0.6) is 0 Å². The molecule has 2 aliphatic rings. The topological polar surface area (TPSA) is 273 Å². The van der Waals surface area contributed by atoms with Crippen molar-refractivity contribution in [1.29, 1.82) is 0 Å². The van der Waals surface area contributed by atoms with Crippen LogP contribution >= 0.6 is 0 Å². The molecule has 0 aliphatic carbocycles. The number of benzene rings is 1. The number of carbonyl (C=O) groups excluding carboxylic acids is 7. The van der Waals surface area contributed by atoms with E-state index in [9.17, 15) is 33.6 Å². The number of hydrogen-bond acceptors (Lipinski definition) is 21. The Morgan fingerprint density at radius 1 is 0.492 bits per heavy atom. The maximum absolute atomic E-state index is 13.4. The first-order valence-corrected chi connectivity index (χ1v) is 21.3. The van der Waals surface area contributed by atoms with Gasteiger partial charge >= 0.3 is 11.9 Å². The van der Waals surface area contributed by atoms with E-state index < -0.39 is 35.6 Å². The summed E-state index contributed by atoms with van der Waals surface area (Å²) in [6.45, 7) is 6.49. The lowest BCUT2D eigenvalue weighted by Gasteiger charge is -2.23. The van der Waals surface area contributed by atoms with Gasteiger partial charge in [0.1, 0.15) is 0 Å². The highest BCUT2D eigenvalue weighted by atomic mass is 16.7. The van der Waals surface area contributed by atoms with Crippen LogP contribution in [0.1, 0.15) is 49.9 Å². The summed E-state index contributed by atoms with van der Waals surface area (Å²) in [7, 11) is 0. The molecule has 4 rings (SSSR count). The van der Waals surface area contributed by atoms with Gasteiger partial charge < -0.3 is 52.5 Å². The van der Waals surface area contributed by atoms with E-state index in [2.05, 4.69) is 20.4 Å². The third-order valence-corrected chi connectivity index (χ3v) is 9.04. The molecule has 0 saturated carbocycles. The monoisotopic (exact) mass is 919 g/mol. The molecule has 1 aromatic carbocycles. The molecule has 0 radical (unpaired) electrons. The molecule has 24 nitrogen and oxygen atoms in total. The Balaban J connectivity index is 1.02. The van der Waals surface area contributed by atoms with Crippen LogP contribution in [0.3, 0.4) is 0 Å². The molecule has 2 saturated heterocycles. The largest absolute Gasteiger partial charge is 0.378 e. The van der Waals surface area contributed by atoms with Crippen LogP contribution in [-0.4, -0.2) is 196 Å². The van der Waals surface area contributed by atoms with Crippen LogP contribution in [0.25, 0.3) is 11.4 Å². The smallest absolute Gasteiger partial charge is 0.335 e. The number of aromatic nitrogens is 4. The zero-order chi connectivity index (χ0) is 46.5. The van der Waals surface area contributed by atoms with Gasteiger partial charge in [0.05, 0.1) is 125 Å². The minimum atomic E-state index is -0.733. The fourth-order valence-corrected chi connectivity index (χ4v) is 5.61. The van der Waals surface area contributed by atoms with Gasteiger partial charge in [0.2, 0.25) is 11.7 Å². The lowest BCUT2D eigenvalue weighted by molar-refractivity contribution is -0.198. The molecule has 1 aromatic heterocycles. The van der Waals surface area contributed by atoms with Crippen molar-refractivity contribution in [2.75, 3.05) is 119 Å².